The van der Waals surface area contributed by atoms with Gasteiger partial charge in [-0.05, 0) is 12.1 Å². The summed E-state index contributed by atoms with van der Waals surface area (Å²) in [5.41, 5.74) is -0.0893. The van der Waals surface area contributed by atoms with Crippen molar-refractivity contribution < 1.29 is 19.1 Å². The maximum atomic E-state index is 12.2. The van der Waals surface area contributed by atoms with Gasteiger partial charge in [-0.2, -0.15) is 10.5 Å². The minimum Gasteiger partial charge on any atom is -0.454 e. The standard InChI is InChI=1S/C18H16N4O4S/c1-18(2)11(6-19)16(24)22-17(12(18)7-20)27-8-15(23)21-10-3-4-13-14(5-10)26-9-25-13/h3-5,11H,8-9H2,1-2H3,(H,21,23)(H,22,24)/t11-/m0/s1. The molecule has 2 N–H and O–H groups in total. The van der Waals surface area contributed by atoms with E-state index in [-0.39, 0.29) is 24.0 Å². The lowest BCUT2D eigenvalue weighted by atomic mass is 9.72. The first-order valence-electron chi connectivity index (χ1n) is 8.04. The highest BCUT2D eigenvalue weighted by Crippen LogP contribution is 2.41. The molecule has 1 atom stereocenters. The quantitative estimate of drug-likeness (QED) is 0.814. The molecule has 1 aromatic rings. The number of rotatable bonds is 4. The van der Waals surface area contributed by atoms with Crippen LogP contribution in [0.2, 0.25) is 0 Å². The molecule has 0 radical (unpaired) electrons. The minimum atomic E-state index is -0.959. The molecule has 138 valence electrons. The maximum Gasteiger partial charge on any atom is 0.243 e. The van der Waals surface area contributed by atoms with Gasteiger partial charge in [0.2, 0.25) is 18.6 Å². The third kappa shape index (κ3) is 3.55. The summed E-state index contributed by atoms with van der Waals surface area (Å²) in [6.07, 6.45) is 0. The van der Waals surface area contributed by atoms with E-state index in [1.165, 1.54) is 0 Å². The first-order valence-corrected chi connectivity index (χ1v) is 9.03. The summed E-state index contributed by atoms with van der Waals surface area (Å²) in [7, 11) is 0. The van der Waals surface area contributed by atoms with Gasteiger partial charge in [-0.25, -0.2) is 0 Å². The van der Waals surface area contributed by atoms with E-state index in [9.17, 15) is 20.1 Å². The van der Waals surface area contributed by atoms with Gasteiger partial charge in [-0.15, -0.1) is 0 Å². The molecule has 0 saturated carbocycles. The van der Waals surface area contributed by atoms with Gasteiger partial charge in [0.1, 0.15) is 5.92 Å². The Morgan fingerprint density at radius 3 is 2.81 bits per heavy atom. The van der Waals surface area contributed by atoms with E-state index in [2.05, 4.69) is 16.7 Å². The number of nitrogens with zero attached hydrogens (tertiary/aromatic N) is 2. The smallest absolute Gasteiger partial charge is 0.243 e. The van der Waals surface area contributed by atoms with Gasteiger partial charge < -0.3 is 20.1 Å². The molecule has 0 aliphatic carbocycles. The van der Waals surface area contributed by atoms with Crippen LogP contribution in [0.25, 0.3) is 0 Å². The van der Waals surface area contributed by atoms with Crippen LogP contribution in [0.1, 0.15) is 13.8 Å². The van der Waals surface area contributed by atoms with E-state index in [1.54, 1.807) is 32.0 Å². The van der Waals surface area contributed by atoms with Crippen molar-refractivity contribution in [1.29, 1.82) is 10.5 Å². The van der Waals surface area contributed by atoms with Crippen molar-refractivity contribution in [2.75, 3.05) is 17.9 Å². The Hall–Kier alpha value is -3.17. The molecule has 27 heavy (non-hydrogen) atoms. The largest absolute Gasteiger partial charge is 0.454 e. The molecule has 0 unspecified atom stereocenters. The number of hydrogen-bond acceptors (Lipinski definition) is 7. The Balaban J connectivity index is 1.69. The number of thioether (sulfide) groups is 1. The molecule has 2 aliphatic rings. The van der Waals surface area contributed by atoms with Crippen LogP contribution in [0.15, 0.2) is 28.8 Å². The van der Waals surface area contributed by atoms with E-state index in [0.717, 1.165) is 11.8 Å². The number of hydrogen-bond donors (Lipinski definition) is 2. The number of benzene rings is 1. The molecule has 0 aromatic heterocycles. The Morgan fingerprint density at radius 2 is 2.11 bits per heavy atom. The highest BCUT2D eigenvalue weighted by Gasteiger charge is 2.44. The van der Waals surface area contributed by atoms with E-state index >= 15 is 0 Å². The third-order valence-electron chi connectivity index (χ3n) is 4.34. The van der Waals surface area contributed by atoms with Crippen LogP contribution in [0, 0.1) is 34.0 Å². The molecule has 9 heteroatoms. The van der Waals surface area contributed by atoms with Gasteiger partial charge in [0.15, 0.2) is 11.5 Å². The van der Waals surface area contributed by atoms with E-state index in [4.69, 9.17) is 9.47 Å². The van der Waals surface area contributed by atoms with E-state index in [1.807, 2.05) is 6.07 Å². The minimum absolute atomic E-state index is 0.0114. The molecule has 1 aromatic carbocycles. The molecule has 2 aliphatic heterocycles. The molecular formula is C18H16N4O4S. The van der Waals surface area contributed by atoms with Crippen LogP contribution in [0.3, 0.4) is 0 Å². The average Bonchev–Trinajstić information content (AvgIpc) is 3.07. The van der Waals surface area contributed by atoms with Crippen LogP contribution in [0.4, 0.5) is 5.69 Å². The normalized spacial score (nSPS) is 19.7. The van der Waals surface area contributed by atoms with Crippen molar-refractivity contribution >= 4 is 29.3 Å². The van der Waals surface area contributed by atoms with Gasteiger partial charge in [-0.3, -0.25) is 9.59 Å². The number of allylic oxidation sites excluding steroid dienone is 1. The predicted molar refractivity (Wildman–Crippen MR) is 97.3 cm³/mol. The second-order valence-electron chi connectivity index (χ2n) is 6.49. The van der Waals surface area contributed by atoms with Gasteiger partial charge in [-0.1, -0.05) is 25.6 Å². The highest BCUT2D eigenvalue weighted by molar-refractivity contribution is 8.03. The average molecular weight is 384 g/mol. The summed E-state index contributed by atoms with van der Waals surface area (Å²) >= 11 is 1.05. The van der Waals surface area contributed by atoms with Crippen molar-refractivity contribution in [2.45, 2.75) is 13.8 Å². The number of carbonyl (C=O) groups is 2. The first kappa shape index (κ1) is 18.6. The van der Waals surface area contributed by atoms with E-state index < -0.39 is 17.2 Å². The van der Waals surface area contributed by atoms with E-state index in [0.29, 0.717) is 22.2 Å². The molecular weight excluding hydrogens is 368 g/mol. The second-order valence-corrected chi connectivity index (χ2v) is 7.48. The Labute approximate surface area is 160 Å². The summed E-state index contributed by atoms with van der Waals surface area (Å²) in [4.78, 5) is 24.4. The molecule has 0 bridgehead atoms. The third-order valence-corrected chi connectivity index (χ3v) is 5.34. The Bertz CT molecular complexity index is 926. The number of ether oxygens (including phenoxy) is 2. The SMILES string of the molecule is CC1(C)C(C#N)=C(SCC(=O)Nc2ccc3c(c2)OCO3)NC(=O)[C@@H]1C#N. The molecule has 8 nitrogen and oxygen atoms in total. The van der Waals surface area contributed by atoms with Crippen LogP contribution in [-0.2, 0) is 9.59 Å². The summed E-state index contributed by atoms with van der Waals surface area (Å²) in [6, 6.07) is 9.06. The molecule has 0 fully saturated rings. The van der Waals surface area contributed by atoms with Gasteiger partial charge in [0.25, 0.3) is 0 Å². The zero-order chi connectivity index (χ0) is 19.6. The second kappa shape index (κ2) is 7.22. The lowest BCUT2D eigenvalue weighted by Gasteiger charge is -2.34. The van der Waals surface area contributed by atoms with Crippen molar-refractivity contribution in [3.05, 3.63) is 28.8 Å². The summed E-state index contributed by atoms with van der Waals surface area (Å²) in [6.45, 7) is 3.49. The number of fused-ring (bicyclic) bond motifs is 1. The lowest BCUT2D eigenvalue weighted by molar-refractivity contribution is -0.125. The van der Waals surface area contributed by atoms with Crippen LogP contribution in [-0.4, -0.2) is 24.4 Å². The number of nitrogens with one attached hydrogen (secondary N) is 2. The van der Waals surface area contributed by atoms with Gasteiger partial charge in [0, 0.05) is 17.2 Å². The predicted octanol–water partition coefficient (Wildman–Crippen LogP) is 2.12. The fourth-order valence-electron chi connectivity index (χ4n) is 2.84. The molecule has 0 spiro atoms. The molecule has 0 saturated heterocycles. The Morgan fingerprint density at radius 1 is 1.37 bits per heavy atom. The number of nitriles is 2. The molecule has 3 rings (SSSR count). The Kier molecular flexibility index (Phi) is 4.98. The van der Waals surface area contributed by atoms with Crippen molar-refractivity contribution in [3.8, 4) is 23.6 Å². The van der Waals surface area contributed by atoms with Gasteiger partial charge >= 0.3 is 0 Å². The van der Waals surface area contributed by atoms with Crippen molar-refractivity contribution in [3.63, 3.8) is 0 Å². The van der Waals surface area contributed by atoms with Crippen LogP contribution in [0.5, 0.6) is 11.5 Å². The number of carbonyl (C=O) groups excluding carboxylic acids is 2. The maximum absolute atomic E-state index is 12.2. The number of anilines is 1. The van der Waals surface area contributed by atoms with Gasteiger partial charge in [0.05, 0.1) is 28.5 Å². The molecule has 2 amide bonds. The monoisotopic (exact) mass is 384 g/mol. The highest BCUT2D eigenvalue weighted by atomic mass is 32.2. The number of amides is 2. The topological polar surface area (TPSA) is 124 Å². The van der Waals surface area contributed by atoms with Crippen LogP contribution >= 0.6 is 11.8 Å². The fourth-order valence-corrected chi connectivity index (χ4v) is 3.82. The zero-order valence-electron chi connectivity index (χ0n) is 14.7. The van der Waals surface area contributed by atoms with Crippen molar-refractivity contribution in [2.24, 2.45) is 11.3 Å². The first-order chi connectivity index (χ1) is 12.9. The van der Waals surface area contributed by atoms with Crippen molar-refractivity contribution in [1.82, 2.24) is 5.32 Å². The lowest BCUT2D eigenvalue weighted by Crippen LogP contribution is -2.44. The summed E-state index contributed by atoms with van der Waals surface area (Å²) < 4.78 is 10.5. The van der Waals surface area contributed by atoms with Crippen LogP contribution < -0.4 is 20.1 Å². The zero-order valence-corrected chi connectivity index (χ0v) is 15.5. The molecule has 2 heterocycles. The fraction of sp³-hybridized carbons (Fsp3) is 0.333. The summed E-state index contributed by atoms with van der Waals surface area (Å²) in [5.74, 6) is -0.580. The summed E-state index contributed by atoms with van der Waals surface area (Å²) in [5, 5.41) is 24.3.